The Kier molecular flexibility index (Phi) is 46.7. The molecule has 0 saturated carbocycles. The van der Waals surface area contributed by atoms with E-state index in [2.05, 4.69) is 5.32 Å². The van der Waals surface area contributed by atoms with Gasteiger partial charge in [0.05, 0.1) is 242 Å². The summed E-state index contributed by atoms with van der Waals surface area (Å²) in [6, 6.07) is 13.2. The van der Waals surface area contributed by atoms with Gasteiger partial charge in [0.25, 0.3) is 11.8 Å². The van der Waals surface area contributed by atoms with Crippen LogP contribution in [0.4, 0.5) is 0 Å². The van der Waals surface area contributed by atoms with E-state index >= 15 is 0 Å². The average Bonchev–Trinajstić information content (AvgIpc) is 2.72. The quantitative estimate of drug-likeness (QED) is 0.0547. The molecule has 0 saturated heterocycles. The fourth-order valence-corrected chi connectivity index (χ4v) is 7.26. The number of esters is 1. The molecule has 1 heterocycles. The topological polar surface area (TPSA) is 287 Å². The van der Waals surface area contributed by atoms with Crippen molar-refractivity contribution in [2.75, 3.05) is 231 Å². The SMILES string of the molecule is CCCCOC(=O)[C@H](Cc1ccc(OCCOCCOCCOCCOCCC(=O)O)cc1)NC(=O)CCOCCOCCOCCOCCOCCOCCOCCOCCOCCOCCOCCOCCN1C(=O)c2ccccc2C1=O. The second kappa shape index (κ2) is 53.4. The van der Waals surface area contributed by atoms with E-state index in [4.69, 9.17) is 90.4 Å². The number of carbonyl (C=O) groups is 5. The Labute approximate surface area is 500 Å². The van der Waals surface area contributed by atoms with Crippen LogP contribution in [0.3, 0.4) is 0 Å². The zero-order valence-electron chi connectivity index (χ0n) is 49.8. The molecule has 85 heavy (non-hydrogen) atoms. The first-order chi connectivity index (χ1) is 41.8. The van der Waals surface area contributed by atoms with Crippen molar-refractivity contribution in [1.29, 1.82) is 0 Å². The fraction of sp³-hybridized carbons (Fsp3) is 0.712. The van der Waals surface area contributed by atoms with Gasteiger partial charge in [-0.05, 0) is 36.2 Å². The minimum Gasteiger partial charge on any atom is -0.491 e. The standard InChI is InChI=1S/C59H94N2O24/c1-2-3-15-85-59(67)54(49-50-8-10-51(11-9-50)84-48-47-83-46-45-82-29-26-72-23-20-69-17-13-56(63)64)60-55(62)12-16-68-19-22-71-25-28-74-31-33-76-35-37-78-39-41-80-43-44-81-42-40-79-38-36-77-34-32-75-30-27-73-24-21-70-18-14-61-57(65)52-6-4-5-7-53(52)58(61)66/h4-11,54H,2-3,12-49H2,1H3,(H,60,62)(H,63,64)/t54-/m0/s1. The summed E-state index contributed by atoms with van der Waals surface area (Å²) in [7, 11) is 0. The Balaban J connectivity index is 0.997. The number of hydrogen-bond acceptors (Lipinski definition) is 23. The van der Waals surface area contributed by atoms with Crippen LogP contribution >= 0.6 is 0 Å². The minimum absolute atomic E-state index is 0.0321. The minimum atomic E-state index is -0.897. The Morgan fingerprint density at radius 3 is 1.11 bits per heavy atom. The number of hydrogen-bond donors (Lipinski definition) is 2. The van der Waals surface area contributed by atoms with Crippen molar-refractivity contribution < 1.29 is 114 Å². The number of benzene rings is 2. The molecule has 484 valence electrons. The second-order valence-corrected chi connectivity index (χ2v) is 18.3. The summed E-state index contributed by atoms with van der Waals surface area (Å²) >= 11 is 0. The lowest BCUT2D eigenvalue weighted by Crippen LogP contribution is -2.43. The van der Waals surface area contributed by atoms with Crippen molar-refractivity contribution >= 4 is 29.7 Å². The number of amides is 3. The first kappa shape index (κ1) is 74.4. The van der Waals surface area contributed by atoms with Crippen LogP contribution in [0.2, 0.25) is 0 Å². The predicted octanol–water partition coefficient (Wildman–Crippen LogP) is 2.86. The largest absolute Gasteiger partial charge is 0.491 e. The average molecular weight is 1220 g/mol. The van der Waals surface area contributed by atoms with Gasteiger partial charge >= 0.3 is 11.9 Å². The predicted molar refractivity (Wildman–Crippen MR) is 305 cm³/mol. The molecule has 3 amide bonds. The third-order valence-electron chi connectivity index (χ3n) is 11.7. The van der Waals surface area contributed by atoms with Crippen LogP contribution in [-0.2, 0) is 101 Å². The maximum absolute atomic E-state index is 13.0. The molecule has 1 atom stereocenters. The Morgan fingerprint density at radius 2 is 0.753 bits per heavy atom. The van der Waals surface area contributed by atoms with Gasteiger partial charge in [-0.3, -0.25) is 24.1 Å². The van der Waals surface area contributed by atoms with Gasteiger partial charge in [-0.15, -0.1) is 0 Å². The number of carbonyl (C=O) groups excluding carboxylic acids is 4. The summed E-state index contributed by atoms with van der Waals surface area (Å²) in [6.45, 7) is 15.2. The van der Waals surface area contributed by atoms with E-state index < -0.39 is 18.0 Å². The fourth-order valence-electron chi connectivity index (χ4n) is 7.26. The number of fused-ring (bicyclic) bond motifs is 1. The van der Waals surface area contributed by atoms with Crippen LogP contribution in [0.15, 0.2) is 48.5 Å². The Bertz CT molecular complexity index is 1950. The van der Waals surface area contributed by atoms with Gasteiger partial charge in [0, 0.05) is 12.8 Å². The highest BCUT2D eigenvalue weighted by atomic mass is 16.6. The van der Waals surface area contributed by atoms with Crippen LogP contribution in [-0.4, -0.2) is 277 Å². The lowest BCUT2D eigenvalue weighted by molar-refractivity contribution is -0.148. The Hall–Kier alpha value is -4.85. The van der Waals surface area contributed by atoms with Gasteiger partial charge < -0.3 is 95.7 Å². The van der Waals surface area contributed by atoms with Gasteiger partial charge in [-0.1, -0.05) is 37.6 Å². The number of unbranched alkanes of at least 4 members (excludes halogenated alkanes) is 1. The van der Waals surface area contributed by atoms with E-state index in [9.17, 15) is 24.0 Å². The van der Waals surface area contributed by atoms with E-state index in [1.807, 2.05) is 19.1 Å². The highest BCUT2D eigenvalue weighted by Crippen LogP contribution is 2.22. The number of carboxylic acid groups (broad SMARTS) is 1. The van der Waals surface area contributed by atoms with E-state index in [1.54, 1.807) is 36.4 Å². The first-order valence-electron chi connectivity index (χ1n) is 29.4. The van der Waals surface area contributed by atoms with E-state index in [-0.39, 0.29) is 70.0 Å². The zero-order chi connectivity index (χ0) is 60.7. The van der Waals surface area contributed by atoms with Crippen molar-refractivity contribution in [3.63, 3.8) is 0 Å². The molecule has 0 radical (unpaired) electrons. The Morgan fingerprint density at radius 1 is 0.424 bits per heavy atom. The van der Waals surface area contributed by atoms with Crippen molar-refractivity contribution in [2.24, 2.45) is 0 Å². The normalized spacial score (nSPS) is 12.5. The molecule has 0 unspecified atom stereocenters. The molecule has 2 aromatic carbocycles. The third-order valence-corrected chi connectivity index (χ3v) is 11.7. The third kappa shape index (κ3) is 40.3. The van der Waals surface area contributed by atoms with Crippen LogP contribution in [0, 0.1) is 0 Å². The molecule has 0 aliphatic carbocycles. The van der Waals surface area contributed by atoms with Gasteiger partial charge in [-0.2, -0.15) is 0 Å². The molecule has 0 fully saturated rings. The molecule has 1 aliphatic rings. The zero-order valence-corrected chi connectivity index (χ0v) is 49.8. The summed E-state index contributed by atoms with van der Waals surface area (Å²) in [6.07, 6.45) is 1.87. The molecular weight excluding hydrogens is 1120 g/mol. The van der Waals surface area contributed by atoms with Gasteiger partial charge in [0.1, 0.15) is 18.4 Å². The molecule has 0 bridgehead atoms. The summed E-state index contributed by atoms with van der Waals surface area (Å²) in [4.78, 5) is 62.2. The van der Waals surface area contributed by atoms with Crippen LogP contribution in [0.25, 0.3) is 0 Å². The molecule has 2 aromatic rings. The molecule has 0 aromatic heterocycles. The second-order valence-electron chi connectivity index (χ2n) is 18.3. The summed E-state index contributed by atoms with van der Waals surface area (Å²) < 4.78 is 99.0. The van der Waals surface area contributed by atoms with E-state index in [0.717, 1.165) is 18.4 Å². The number of carboxylic acids is 1. The van der Waals surface area contributed by atoms with E-state index in [1.165, 1.54) is 4.90 Å². The van der Waals surface area contributed by atoms with Gasteiger partial charge in [0.15, 0.2) is 0 Å². The molecule has 3 rings (SSSR count). The summed E-state index contributed by atoms with van der Waals surface area (Å²) in [5.74, 6) is -1.67. The summed E-state index contributed by atoms with van der Waals surface area (Å²) in [5, 5.41) is 11.4. The monoisotopic (exact) mass is 1210 g/mol. The molecule has 2 N–H and O–H groups in total. The number of nitrogens with one attached hydrogen (secondary N) is 1. The molecular formula is C59H94N2O24. The highest BCUT2D eigenvalue weighted by Gasteiger charge is 2.34. The van der Waals surface area contributed by atoms with E-state index in [0.29, 0.717) is 215 Å². The number of aliphatic carboxylic acids is 1. The number of ether oxygens (including phenoxy) is 18. The van der Waals surface area contributed by atoms with Crippen molar-refractivity contribution in [1.82, 2.24) is 10.2 Å². The molecule has 1 aliphatic heterocycles. The van der Waals surface area contributed by atoms with Crippen LogP contribution < -0.4 is 10.1 Å². The highest BCUT2D eigenvalue weighted by molar-refractivity contribution is 6.21. The van der Waals surface area contributed by atoms with Crippen LogP contribution in [0.1, 0.15) is 58.9 Å². The lowest BCUT2D eigenvalue weighted by Gasteiger charge is -2.18. The van der Waals surface area contributed by atoms with Gasteiger partial charge in [-0.25, -0.2) is 4.79 Å². The number of imide groups is 1. The number of nitrogens with zero attached hydrogens (tertiary/aromatic N) is 1. The first-order valence-corrected chi connectivity index (χ1v) is 29.4. The van der Waals surface area contributed by atoms with Crippen molar-refractivity contribution in [2.45, 2.75) is 45.1 Å². The molecule has 26 nitrogen and oxygen atoms in total. The summed E-state index contributed by atoms with van der Waals surface area (Å²) in [5.41, 5.74) is 1.68. The molecule has 26 heteroatoms. The number of rotatable bonds is 62. The smallest absolute Gasteiger partial charge is 0.328 e. The van der Waals surface area contributed by atoms with Crippen molar-refractivity contribution in [3.05, 3.63) is 65.2 Å². The van der Waals surface area contributed by atoms with Crippen LogP contribution in [0.5, 0.6) is 5.75 Å². The maximum Gasteiger partial charge on any atom is 0.328 e. The van der Waals surface area contributed by atoms with Gasteiger partial charge in [0.2, 0.25) is 5.91 Å². The lowest BCUT2D eigenvalue weighted by atomic mass is 10.1. The maximum atomic E-state index is 13.0. The van der Waals surface area contributed by atoms with Crippen molar-refractivity contribution in [3.8, 4) is 5.75 Å². The molecule has 0 spiro atoms.